The molecule has 1 aromatic rings. The molecule has 1 aromatic heterocycles. The van der Waals surface area contributed by atoms with Gasteiger partial charge in [0.2, 0.25) is 0 Å². The molecule has 0 aliphatic heterocycles. The molecule has 0 aliphatic carbocycles. The summed E-state index contributed by atoms with van der Waals surface area (Å²) >= 11 is 0. The minimum Gasteiger partial charge on any atom is -1.00 e. The number of nitrogens with zero attached hydrogens (tertiary/aromatic N) is 3. The van der Waals surface area contributed by atoms with Gasteiger partial charge in [-0.05, 0) is 5.21 Å². The summed E-state index contributed by atoms with van der Waals surface area (Å²) in [4.78, 5) is 0. The predicted molar refractivity (Wildman–Crippen MR) is 19.7 cm³/mol. The monoisotopic (exact) mass is 109 g/mol. The summed E-state index contributed by atoms with van der Waals surface area (Å²) in [6, 6.07) is 0. The van der Waals surface area contributed by atoms with Crippen molar-refractivity contribution in [2.75, 3.05) is 5.73 Å². The normalized spacial score (nSPS) is 7.43. The van der Waals surface area contributed by atoms with Gasteiger partial charge < -0.3 is 7.16 Å². The van der Waals surface area contributed by atoms with Gasteiger partial charge >= 0.3 is 29.6 Å². The summed E-state index contributed by atoms with van der Waals surface area (Å²) in [6.07, 6.45) is 0. The molecule has 0 spiro atoms. The molecule has 6 heteroatoms. The third kappa shape index (κ3) is 1.86. The Labute approximate surface area is 63.4 Å². The quantitative estimate of drug-likeness (QED) is 0.332. The van der Waals surface area contributed by atoms with Crippen LogP contribution in [0.2, 0.25) is 0 Å². The van der Waals surface area contributed by atoms with Gasteiger partial charge in [0.25, 0.3) is 5.95 Å². The molecule has 0 radical (unpaired) electrons. The van der Waals surface area contributed by atoms with Gasteiger partial charge in [-0.25, -0.2) is 0 Å². The number of rotatable bonds is 0. The van der Waals surface area contributed by atoms with E-state index in [1.54, 1.807) is 0 Å². The van der Waals surface area contributed by atoms with Gasteiger partial charge in [-0.2, -0.15) is 5.21 Å². The molecule has 34 valence electrons. The largest absolute Gasteiger partial charge is 1.00 e. The van der Waals surface area contributed by atoms with E-state index < -0.39 is 0 Å². The Morgan fingerprint density at radius 1 is 1.71 bits per heavy atom. The van der Waals surface area contributed by atoms with Crippen LogP contribution in [0.15, 0.2) is 0 Å². The third-order valence-corrected chi connectivity index (χ3v) is 0.362. The number of aromatic nitrogens is 4. The number of hydrogen-bond donors (Lipinski definition) is 2. The van der Waals surface area contributed by atoms with Crippen LogP contribution in [0.3, 0.4) is 0 Å². The van der Waals surface area contributed by atoms with E-state index in [1.165, 1.54) is 0 Å². The number of aromatic amines is 1. The zero-order valence-electron chi connectivity index (χ0n) is 4.92. The van der Waals surface area contributed by atoms with Crippen molar-refractivity contribution in [1.82, 2.24) is 20.6 Å². The number of anilines is 1. The van der Waals surface area contributed by atoms with Gasteiger partial charge in [-0.15, -0.1) is 5.10 Å². The van der Waals surface area contributed by atoms with E-state index >= 15 is 0 Å². The summed E-state index contributed by atoms with van der Waals surface area (Å²) < 4.78 is 0. The fraction of sp³-hybridized carbons (Fsp3) is 0. The van der Waals surface area contributed by atoms with Gasteiger partial charge in [-0.3, -0.25) is 0 Å². The Morgan fingerprint density at radius 2 is 2.43 bits per heavy atom. The molecule has 0 bridgehead atoms. The molecule has 0 saturated carbocycles. The number of nitrogens with one attached hydrogen (secondary N) is 1. The van der Waals surface area contributed by atoms with Crippen molar-refractivity contribution in [1.29, 1.82) is 0 Å². The van der Waals surface area contributed by atoms with Gasteiger partial charge in [0.1, 0.15) is 0 Å². The molecule has 0 saturated heterocycles. The molecule has 0 amide bonds. The molecular formula is CH4N5Na. The van der Waals surface area contributed by atoms with Crippen LogP contribution in [0.1, 0.15) is 1.43 Å². The average Bonchev–Trinajstić information content (AvgIpc) is 1.86. The molecule has 0 aromatic carbocycles. The van der Waals surface area contributed by atoms with E-state index in [-0.39, 0.29) is 36.9 Å². The van der Waals surface area contributed by atoms with Crippen molar-refractivity contribution in [3.05, 3.63) is 0 Å². The van der Waals surface area contributed by atoms with E-state index in [9.17, 15) is 0 Å². The Morgan fingerprint density at radius 3 is 2.57 bits per heavy atom. The van der Waals surface area contributed by atoms with Crippen molar-refractivity contribution in [2.45, 2.75) is 0 Å². The second-order valence-corrected chi connectivity index (χ2v) is 0.770. The van der Waals surface area contributed by atoms with Crippen LogP contribution in [0.25, 0.3) is 0 Å². The van der Waals surface area contributed by atoms with Crippen molar-refractivity contribution < 1.29 is 31.0 Å². The zero-order valence-corrected chi connectivity index (χ0v) is 5.92. The van der Waals surface area contributed by atoms with Gasteiger partial charge in [0, 0.05) is 0 Å². The third-order valence-electron chi connectivity index (χ3n) is 0.362. The molecule has 0 fully saturated rings. The van der Waals surface area contributed by atoms with Crippen LogP contribution in [0.5, 0.6) is 0 Å². The minimum atomic E-state index is 0. The number of nitrogen functional groups attached to an aromatic ring is 1. The first-order valence-electron chi connectivity index (χ1n) is 1.38. The molecule has 0 unspecified atom stereocenters. The molecule has 1 rings (SSSR count). The van der Waals surface area contributed by atoms with Crippen molar-refractivity contribution in [2.24, 2.45) is 0 Å². The topological polar surface area (TPSA) is 80.5 Å². The molecule has 0 aliphatic rings. The first kappa shape index (κ1) is 6.87. The summed E-state index contributed by atoms with van der Waals surface area (Å²) in [5.41, 5.74) is 4.96. The van der Waals surface area contributed by atoms with Crippen molar-refractivity contribution in [3.8, 4) is 0 Å². The summed E-state index contributed by atoms with van der Waals surface area (Å²) in [7, 11) is 0. The fourth-order valence-corrected chi connectivity index (χ4v) is 0.170. The first-order valence-corrected chi connectivity index (χ1v) is 1.38. The fourth-order valence-electron chi connectivity index (χ4n) is 0.170. The van der Waals surface area contributed by atoms with E-state index in [1.807, 2.05) is 0 Å². The number of H-pyrrole nitrogens is 1. The Bertz CT molecular complexity index is 116. The average molecular weight is 109 g/mol. The Balaban J connectivity index is 0. The maximum absolute atomic E-state index is 4.96. The maximum atomic E-state index is 4.96. The Hall–Kier alpha value is -0.130. The van der Waals surface area contributed by atoms with E-state index in [2.05, 4.69) is 20.6 Å². The SMILES string of the molecule is Nc1nn[nH]n1.[H-].[Na+]. The van der Waals surface area contributed by atoms with Crippen LogP contribution in [0.4, 0.5) is 5.95 Å². The standard InChI is InChI=1S/CH3N5.Na.H/c2-1-3-5-6-4-1;;/h(H3,2,3,4,5,6);;/q;+1;-1. The molecular weight excluding hydrogens is 105 g/mol. The molecule has 7 heavy (non-hydrogen) atoms. The van der Waals surface area contributed by atoms with E-state index in [0.29, 0.717) is 0 Å². The van der Waals surface area contributed by atoms with Crippen LogP contribution >= 0.6 is 0 Å². The molecule has 5 nitrogen and oxygen atoms in total. The van der Waals surface area contributed by atoms with Crippen molar-refractivity contribution in [3.63, 3.8) is 0 Å². The van der Waals surface area contributed by atoms with Crippen LogP contribution in [0, 0.1) is 0 Å². The second-order valence-electron chi connectivity index (χ2n) is 0.770. The van der Waals surface area contributed by atoms with Gasteiger partial charge in [0.15, 0.2) is 0 Å². The van der Waals surface area contributed by atoms with Gasteiger partial charge in [-0.1, -0.05) is 5.10 Å². The smallest absolute Gasteiger partial charge is 1.00 e. The number of hydrogen-bond acceptors (Lipinski definition) is 4. The number of tetrazole rings is 1. The van der Waals surface area contributed by atoms with Gasteiger partial charge in [0.05, 0.1) is 0 Å². The summed E-state index contributed by atoms with van der Waals surface area (Å²) in [5, 5.41) is 12.0. The zero-order chi connectivity index (χ0) is 4.41. The minimum absolute atomic E-state index is 0. The second kappa shape index (κ2) is 2.95. The number of nitrogens with two attached hydrogens (primary N) is 1. The Kier molecular flexibility index (Phi) is 2.89. The predicted octanol–water partition coefficient (Wildman–Crippen LogP) is -4.10. The van der Waals surface area contributed by atoms with Crippen LogP contribution < -0.4 is 35.3 Å². The van der Waals surface area contributed by atoms with Crippen molar-refractivity contribution >= 4 is 5.95 Å². The van der Waals surface area contributed by atoms with E-state index in [0.717, 1.165) is 0 Å². The first-order chi connectivity index (χ1) is 2.89. The molecule has 0 atom stereocenters. The van der Waals surface area contributed by atoms with Crippen LogP contribution in [-0.4, -0.2) is 20.6 Å². The maximum Gasteiger partial charge on any atom is 1.00 e. The van der Waals surface area contributed by atoms with Crippen LogP contribution in [-0.2, 0) is 0 Å². The summed E-state index contributed by atoms with van der Waals surface area (Å²) in [5.74, 6) is 0.176. The molecule has 1 heterocycles. The summed E-state index contributed by atoms with van der Waals surface area (Å²) in [6.45, 7) is 0. The van der Waals surface area contributed by atoms with E-state index in [4.69, 9.17) is 5.73 Å². The molecule has 3 N–H and O–H groups in total.